The van der Waals surface area contributed by atoms with Crippen molar-refractivity contribution in [2.75, 3.05) is 23.8 Å². The van der Waals surface area contributed by atoms with Crippen LogP contribution in [0.25, 0.3) is 0 Å². The van der Waals surface area contributed by atoms with Crippen LogP contribution in [0, 0.1) is 0 Å². The number of halogens is 1. The molecule has 1 aromatic rings. The molecule has 0 amide bonds. The van der Waals surface area contributed by atoms with Crippen LogP contribution in [-0.2, 0) is 0 Å². The summed E-state index contributed by atoms with van der Waals surface area (Å²) in [6.07, 6.45) is 10.9. The van der Waals surface area contributed by atoms with Crippen molar-refractivity contribution < 1.29 is 0 Å². The Labute approximate surface area is 130 Å². The van der Waals surface area contributed by atoms with Crippen LogP contribution >= 0.6 is 15.9 Å². The molecule has 0 radical (unpaired) electrons. The third-order valence-corrected chi connectivity index (χ3v) is 4.52. The van der Waals surface area contributed by atoms with Gasteiger partial charge in [-0.2, -0.15) is 4.98 Å². The van der Waals surface area contributed by atoms with Gasteiger partial charge in [-0.05, 0) is 35.2 Å². The molecule has 5 heteroatoms. The zero-order chi connectivity index (χ0) is 14.4. The zero-order valence-corrected chi connectivity index (χ0v) is 14.1. The first-order valence-corrected chi connectivity index (χ1v) is 8.51. The van der Waals surface area contributed by atoms with E-state index in [-0.39, 0.29) is 0 Å². The van der Waals surface area contributed by atoms with Crippen LogP contribution in [0.1, 0.15) is 51.9 Å². The van der Waals surface area contributed by atoms with Crippen molar-refractivity contribution in [3.05, 3.63) is 10.7 Å². The summed E-state index contributed by atoms with van der Waals surface area (Å²) < 4.78 is 0.978. The van der Waals surface area contributed by atoms with E-state index in [0.29, 0.717) is 6.04 Å². The topological polar surface area (TPSA) is 41.1 Å². The maximum atomic E-state index is 4.67. The van der Waals surface area contributed by atoms with Crippen LogP contribution in [0.5, 0.6) is 0 Å². The Morgan fingerprint density at radius 1 is 1.30 bits per heavy atom. The van der Waals surface area contributed by atoms with Crippen molar-refractivity contribution in [3.8, 4) is 0 Å². The predicted molar refractivity (Wildman–Crippen MR) is 88.4 cm³/mol. The summed E-state index contributed by atoms with van der Waals surface area (Å²) in [4.78, 5) is 11.3. The van der Waals surface area contributed by atoms with Gasteiger partial charge in [0.05, 0.1) is 4.47 Å². The molecule has 0 aromatic carbocycles. The van der Waals surface area contributed by atoms with Crippen LogP contribution in [0.2, 0.25) is 0 Å². The first-order chi connectivity index (χ1) is 9.72. The molecule has 20 heavy (non-hydrogen) atoms. The molecule has 1 aromatic heterocycles. The van der Waals surface area contributed by atoms with Gasteiger partial charge >= 0.3 is 0 Å². The molecule has 1 saturated carbocycles. The molecule has 2 rings (SSSR count). The van der Waals surface area contributed by atoms with Crippen LogP contribution < -0.4 is 10.2 Å². The second-order valence-electron chi connectivity index (χ2n) is 5.55. The number of nitrogens with one attached hydrogen (secondary N) is 1. The van der Waals surface area contributed by atoms with E-state index in [0.717, 1.165) is 29.2 Å². The van der Waals surface area contributed by atoms with Gasteiger partial charge in [-0.25, -0.2) is 4.98 Å². The van der Waals surface area contributed by atoms with Crippen molar-refractivity contribution >= 4 is 27.7 Å². The number of hydrogen-bond acceptors (Lipinski definition) is 4. The van der Waals surface area contributed by atoms with Gasteiger partial charge in [-0.15, -0.1) is 0 Å². The number of nitrogens with zero attached hydrogens (tertiary/aromatic N) is 3. The molecule has 1 aliphatic rings. The Bertz CT molecular complexity index is 416. The lowest BCUT2D eigenvalue weighted by Gasteiger charge is -2.29. The smallest absolute Gasteiger partial charge is 0.224 e. The van der Waals surface area contributed by atoms with Crippen molar-refractivity contribution in [1.29, 1.82) is 0 Å². The highest BCUT2D eigenvalue weighted by Crippen LogP contribution is 2.29. The third kappa shape index (κ3) is 4.08. The molecule has 0 aliphatic heterocycles. The van der Waals surface area contributed by atoms with E-state index in [4.69, 9.17) is 0 Å². The molecule has 0 unspecified atom stereocenters. The SMILES string of the molecule is CCCNc1ncc(Br)c(N(C)C2CCCCCC2)n1. The maximum absolute atomic E-state index is 4.67. The number of aromatic nitrogens is 2. The summed E-state index contributed by atoms with van der Waals surface area (Å²) >= 11 is 3.59. The summed E-state index contributed by atoms with van der Waals surface area (Å²) in [6.45, 7) is 3.05. The van der Waals surface area contributed by atoms with E-state index in [1.807, 2.05) is 6.20 Å². The monoisotopic (exact) mass is 340 g/mol. The van der Waals surface area contributed by atoms with Gasteiger partial charge in [0.25, 0.3) is 0 Å². The van der Waals surface area contributed by atoms with Crippen LogP contribution in [0.4, 0.5) is 11.8 Å². The van der Waals surface area contributed by atoms with E-state index < -0.39 is 0 Å². The molecule has 1 N–H and O–H groups in total. The van der Waals surface area contributed by atoms with Crippen molar-refractivity contribution in [1.82, 2.24) is 9.97 Å². The minimum atomic E-state index is 0.600. The first-order valence-electron chi connectivity index (χ1n) is 7.71. The second kappa shape index (κ2) is 7.81. The van der Waals surface area contributed by atoms with Gasteiger partial charge < -0.3 is 10.2 Å². The molecular weight excluding hydrogens is 316 g/mol. The largest absolute Gasteiger partial charge is 0.356 e. The number of hydrogen-bond donors (Lipinski definition) is 1. The molecular formula is C15H25BrN4. The lowest BCUT2D eigenvalue weighted by atomic mass is 10.1. The van der Waals surface area contributed by atoms with Gasteiger partial charge in [-0.3, -0.25) is 0 Å². The molecule has 0 spiro atoms. The molecule has 1 heterocycles. The van der Waals surface area contributed by atoms with Crippen LogP contribution in [0.3, 0.4) is 0 Å². The average molecular weight is 341 g/mol. The lowest BCUT2D eigenvalue weighted by Crippen LogP contribution is -2.32. The molecule has 1 aliphatic carbocycles. The minimum absolute atomic E-state index is 0.600. The van der Waals surface area contributed by atoms with E-state index >= 15 is 0 Å². The van der Waals surface area contributed by atoms with Crippen molar-refractivity contribution in [3.63, 3.8) is 0 Å². The van der Waals surface area contributed by atoms with Gasteiger partial charge in [0.2, 0.25) is 5.95 Å². The Kier molecular flexibility index (Phi) is 6.07. The summed E-state index contributed by atoms with van der Waals surface area (Å²) in [5, 5.41) is 3.26. The van der Waals surface area contributed by atoms with Crippen molar-refractivity contribution in [2.24, 2.45) is 0 Å². The highest BCUT2D eigenvalue weighted by molar-refractivity contribution is 9.10. The average Bonchev–Trinajstić information content (AvgIpc) is 2.75. The van der Waals surface area contributed by atoms with E-state index in [2.05, 4.69) is 50.1 Å². The van der Waals surface area contributed by atoms with E-state index in [1.54, 1.807) is 0 Å². The Morgan fingerprint density at radius 3 is 2.65 bits per heavy atom. The molecule has 0 saturated heterocycles. The van der Waals surface area contributed by atoms with E-state index in [1.165, 1.54) is 38.5 Å². The fourth-order valence-corrected chi connectivity index (χ4v) is 3.22. The van der Waals surface area contributed by atoms with Crippen LogP contribution in [0.15, 0.2) is 10.7 Å². The summed E-state index contributed by atoms with van der Waals surface area (Å²) in [7, 11) is 2.16. The fourth-order valence-electron chi connectivity index (χ4n) is 2.75. The van der Waals surface area contributed by atoms with Gasteiger partial charge in [0, 0.05) is 25.8 Å². The molecule has 4 nitrogen and oxygen atoms in total. The lowest BCUT2D eigenvalue weighted by molar-refractivity contribution is 0.548. The fraction of sp³-hybridized carbons (Fsp3) is 0.733. The summed E-state index contributed by atoms with van der Waals surface area (Å²) in [5.74, 6) is 1.73. The van der Waals surface area contributed by atoms with E-state index in [9.17, 15) is 0 Å². The Hall–Kier alpha value is -0.840. The minimum Gasteiger partial charge on any atom is -0.356 e. The first kappa shape index (κ1) is 15.5. The quantitative estimate of drug-likeness (QED) is 0.814. The van der Waals surface area contributed by atoms with Gasteiger partial charge in [0.1, 0.15) is 5.82 Å². The Morgan fingerprint density at radius 2 is 2.00 bits per heavy atom. The zero-order valence-electron chi connectivity index (χ0n) is 12.5. The highest BCUT2D eigenvalue weighted by Gasteiger charge is 2.20. The number of anilines is 2. The predicted octanol–water partition coefficient (Wildman–Crippen LogP) is 4.22. The highest BCUT2D eigenvalue weighted by atomic mass is 79.9. The molecule has 112 valence electrons. The van der Waals surface area contributed by atoms with Gasteiger partial charge in [-0.1, -0.05) is 32.6 Å². The van der Waals surface area contributed by atoms with Crippen molar-refractivity contribution in [2.45, 2.75) is 57.9 Å². The summed E-state index contributed by atoms with van der Waals surface area (Å²) in [6, 6.07) is 0.600. The van der Waals surface area contributed by atoms with Gasteiger partial charge in [0.15, 0.2) is 0 Å². The molecule has 0 atom stereocenters. The standard InChI is InChI=1S/C15H25BrN4/c1-3-10-17-15-18-11-13(16)14(19-15)20(2)12-8-6-4-5-7-9-12/h11-12H,3-10H2,1-2H3,(H,17,18,19). The Balaban J connectivity index is 2.12. The maximum Gasteiger partial charge on any atom is 0.224 e. The third-order valence-electron chi connectivity index (χ3n) is 3.97. The van der Waals surface area contributed by atoms with Crippen LogP contribution in [-0.4, -0.2) is 29.6 Å². The molecule has 0 bridgehead atoms. The summed E-state index contributed by atoms with van der Waals surface area (Å²) in [5.41, 5.74) is 0. The number of rotatable bonds is 5. The molecule has 1 fully saturated rings. The normalized spacial score (nSPS) is 16.8. The second-order valence-corrected chi connectivity index (χ2v) is 6.40.